The standard InChI is InChI=1S/C2H8N2O3/c1-5-3-7-4-6-2/h3-4H,1-2H3. The van der Waals surface area contributed by atoms with Crippen LogP contribution in [0.1, 0.15) is 0 Å². The van der Waals surface area contributed by atoms with Gasteiger partial charge in [-0.15, -0.1) is 0 Å². The topological polar surface area (TPSA) is 51.8 Å². The fourth-order valence-electron chi connectivity index (χ4n) is 0.100. The Morgan fingerprint density at radius 2 is 1.43 bits per heavy atom. The van der Waals surface area contributed by atoms with Crippen LogP contribution in [0.5, 0.6) is 0 Å². The molecule has 0 rings (SSSR count). The van der Waals surface area contributed by atoms with Crippen molar-refractivity contribution < 1.29 is 14.6 Å². The fraction of sp³-hybridized carbons (Fsp3) is 1.00. The molecule has 0 fully saturated rings. The summed E-state index contributed by atoms with van der Waals surface area (Å²) in [6.45, 7) is 0. The Kier molecular flexibility index (Phi) is 5.63. The lowest BCUT2D eigenvalue weighted by atomic mass is 11.7. The van der Waals surface area contributed by atoms with Gasteiger partial charge in [0.25, 0.3) is 0 Å². The largest absolute Gasteiger partial charge is 0.279 e. The SMILES string of the molecule is CONONOC. The molecule has 0 aromatic carbocycles. The molecular weight excluding hydrogens is 100 g/mol. The summed E-state index contributed by atoms with van der Waals surface area (Å²) in [4.78, 5) is 12.6. The molecule has 5 heteroatoms. The Balaban J connectivity index is 2.45. The maximum atomic E-state index is 4.23. The summed E-state index contributed by atoms with van der Waals surface area (Å²) >= 11 is 0. The molecule has 7 heavy (non-hydrogen) atoms. The van der Waals surface area contributed by atoms with Crippen LogP contribution in [-0.4, -0.2) is 14.2 Å². The van der Waals surface area contributed by atoms with Gasteiger partial charge in [-0.25, -0.2) is 0 Å². The summed E-state index contributed by atoms with van der Waals surface area (Å²) in [5, 5.41) is 0. The average Bonchev–Trinajstić information content (AvgIpc) is 1.69. The van der Waals surface area contributed by atoms with Crippen molar-refractivity contribution >= 4 is 0 Å². The van der Waals surface area contributed by atoms with Crippen molar-refractivity contribution in [2.45, 2.75) is 0 Å². The lowest BCUT2D eigenvalue weighted by molar-refractivity contribution is -0.272. The van der Waals surface area contributed by atoms with Crippen molar-refractivity contribution in [1.82, 2.24) is 11.3 Å². The summed E-state index contributed by atoms with van der Waals surface area (Å²) in [5.41, 5.74) is 4.03. The van der Waals surface area contributed by atoms with Crippen molar-refractivity contribution in [2.75, 3.05) is 14.2 Å². The Labute approximate surface area is 41.4 Å². The van der Waals surface area contributed by atoms with Gasteiger partial charge in [0.05, 0.1) is 14.2 Å². The molecule has 0 bridgehead atoms. The fourth-order valence-corrected chi connectivity index (χ4v) is 0.100. The number of hydrogen-bond donors (Lipinski definition) is 2. The molecule has 0 radical (unpaired) electrons. The Morgan fingerprint density at radius 3 is 1.71 bits per heavy atom. The van der Waals surface area contributed by atoms with Crippen LogP contribution >= 0.6 is 0 Å². The van der Waals surface area contributed by atoms with Gasteiger partial charge < -0.3 is 0 Å². The van der Waals surface area contributed by atoms with E-state index in [2.05, 4.69) is 14.6 Å². The molecular formula is C2H8N2O3. The van der Waals surface area contributed by atoms with Crippen molar-refractivity contribution in [3.63, 3.8) is 0 Å². The molecule has 0 atom stereocenters. The van der Waals surface area contributed by atoms with E-state index in [-0.39, 0.29) is 0 Å². The maximum Gasteiger partial charge on any atom is 0.0599 e. The van der Waals surface area contributed by atoms with Gasteiger partial charge >= 0.3 is 0 Å². The predicted molar refractivity (Wildman–Crippen MR) is 21.4 cm³/mol. The van der Waals surface area contributed by atoms with E-state index in [9.17, 15) is 0 Å². The van der Waals surface area contributed by atoms with E-state index in [1.54, 1.807) is 0 Å². The van der Waals surface area contributed by atoms with E-state index in [4.69, 9.17) is 0 Å². The first-order valence-electron chi connectivity index (χ1n) is 1.63. The molecule has 0 amide bonds. The summed E-state index contributed by atoms with van der Waals surface area (Å²) in [5.74, 6) is 0. The third kappa shape index (κ3) is 5.80. The van der Waals surface area contributed by atoms with Crippen molar-refractivity contribution in [2.24, 2.45) is 0 Å². The zero-order valence-electron chi connectivity index (χ0n) is 4.22. The highest BCUT2D eigenvalue weighted by molar-refractivity contribution is 3.65. The Bertz CT molecular complexity index is 30.1. The molecule has 5 nitrogen and oxygen atoms in total. The molecule has 0 heterocycles. The van der Waals surface area contributed by atoms with Crippen LogP contribution in [0.25, 0.3) is 0 Å². The maximum absolute atomic E-state index is 4.23. The lowest BCUT2D eigenvalue weighted by Crippen LogP contribution is -2.23. The van der Waals surface area contributed by atoms with E-state index in [0.29, 0.717) is 0 Å². The second kappa shape index (κ2) is 5.80. The summed E-state index contributed by atoms with van der Waals surface area (Å²) in [6.07, 6.45) is 0. The first-order chi connectivity index (χ1) is 3.41. The minimum absolute atomic E-state index is 1.41. The molecule has 0 aromatic rings. The van der Waals surface area contributed by atoms with E-state index in [0.717, 1.165) is 0 Å². The minimum Gasteiger partial charge on any atom is -0.279 e. The zero-order valence-corrected chi connectivity index (χ0v) is 4.22. The smallest absolute Gasteiger partial charge is 0.0599 e. The molecule has 0 aliphatic rings. The van der Waals surface area contributed by atoms with Crippen LogP contribution in [0.15, 0.2) is 0 Å². The molecule has 0 aliphatic heterocycles. The third-order valence-corrected chi connectivity index (χ3v) is 0.250. The third-order valence-electron chi connectivity index (χ3n) is 0.250. The van der Waals surface area contributed by atoms with Gasteiger partial charge in [-0.05, 0) is 0 Å². The van der Waals surface area contributed by atoms with Gasteiger partial charge in [-0.1, -0.05) is 11.3 Å². The van der Waals surface area contributed by atoms with Gasteiger partial charge in [-0.2, -0.15) is 4.94 Å². The summed E-state index contributed by atoms with van der Waals surface area (Å²) < 4.78 is 0. The second-order valence-electron chi connectivity index (χ2n) is 0.677. The second-order valence-corrected chi connectivity index (χ2v) is 0.677. The van der Waals surface area contributed by atoms with Gasteiger partial charge in [0.2, 0.25) is 0 Å². The quantitative estimate of drug-likeness (QED) is 0.362. The Morgan fingerprint density at radius 1 is 1.00 bits per heavy atom. The van der Waals surface area contributed by atoms with Gasteiger partial charge in [0.15, 0.2) is 0 Å². The summed E-state index contributed by atoms with van der Waals surface area (Å²) in [6, 6.07) is 0. The van der Waals surface area contributed by atoms with E-state index < -0.39 is 0 Å². The lowest BCUT2D eigenvalue weighted by Gasteiger charge is -1.98. The molecule has 2 N–H and O–H groups in total. The highest BCUT2D eigenvalue weighted by Gasteiger charge is 1.72. The van der Waals surface area contributed by atoms with Crippen LogP contribution in [-0.2, 0) is 14.6 Å². The van der Waals surface area contributed by atoms with Crippen LogP contribution in [0.2, 0.25) is 0 Å². The molecule has 0 saturated heterocycles. The van der Waals surface area contributed by atoms with E-state index in [1.807, 2.05) is 11.3 Å². The van der Waals surface area contributed by atoms with E-state index in [1.165, 1.54) is 14.2 Å². The normalized spacial score (nSPS) is 9.43. The summed E-state index contributed by atoms with van der Waals surface area (Å²) in [7, 11) is 2.83. The predicted octanol–water partition coefficient (Wildman–Crippen LogP) is -0.865. The first-order valence-corrected chi connectivity index (χ1v) is 1.63. The van der Waals surface area contributed by atoms with Crippen LogP contribution in [0.4, 0.5) is 0 Å². The van der Waals surface area contributed by atoms with Crippen molar-refractivity contribution in [3.05, 3.63) is 0 Å². The first kappa shape index (κ1) is 6.80. The van der Waals surface area contributed by atoms with Crippen molar-refractivity contribution in [3.8, 4) is 0 Å². The molecule has 0 aliphatic carbocycles. The monoisotopic (exact) mass is 108 g/mol. The molecule has 0 spiro atoms. The number of hydrogen-bond acceptors (Lipinski definition) is 5. The van der Waals surface area contributed by atoms with Crippen LogP contribution in [0.3, 0.4) is 0 Å². The van der Waals surface area contributed by atoms with Gasteiger partial charge in [0.1, 0.15) is 0 Å². The molecule has 0 unspecified atom stereocenters. The van der Waals surface area contributed by atoms with E-state index >= 15 is 0 Å². The number of nitrogens with one attached hydrogen (secondary N) is 2. The minimum atomic E-state index is 1.41. The highest BCUT2D eigenvalue weighted by Crippen LogP contribution is 1.53. The van der Waals surface area contributed by atoms with Crippen LogP contribution < -0.4 is 11.3 Å². The van der Waals surface area contributed by atoms with Crippen molar-refractivity contribution in [1.29, 1.82) is 0 Å². The number of rotatable bonds is 4. The molecule has 44 valence electrons. The van der Waals surface area contributed by atoms with Gasteiger partial charge in [0, 0.05) is 0 Å². The van der Waals surface area contributed by atoms with Crippen LogP contribution in [0, 0.1) is 0 Å². The van der Waals surface area contributed by atoms with Gasteiger partial charge in [-0.3, -0.25) is 9.68 Å². The molecule has 0 aromatic heterocycles. The Hall–Kier alpha value is -0.200. The molecule has 0 saturated carbocycles. The average molecular weight is 108 g/mol. The highest BCUT2D eigenvalue weighted by atomic mass is 17.1. The zero-order chi connectivity index (χ0) is 5.54.